The van der Waals surface area contributed by atoms with Gasteiger partial charge in [0.05, 0.1) is 6.33 Å². The average Bonchev–Trinajstić information content (AvgIpc) is 2.58. The van der Waals surface area contributed by atoms with Crippen LogP contribution in [0.4, 0.5) is 0 Å². The van der Waals surface area contributed by atoms with Crippen molar-refractivity contribution in [1.82, 2.24) is 14.9 Å². The van der Waals surface area contributed by atoms with Crippen molar-refractivity contribution in [3.05, 3.63) is 49.3 Å². The minimum Gasteiger partial charge on any atom is -0.361 e. The van der Waals surface area contributed by atoms with E-state index >= 15 is 0 Å². The van der Waals surface area contributed by atoms with Gasteiger partial charge in [-0.2, -0.15) is 0 Å². The van der Waals surface area contributed by atoms with E-state index in [1.165, 1.54) is 0 Å². The van der Waals surface area contributed by atoms with Crippen molar-refractivity contribution in [1.29, 1.82) is 0 Å². The van der Waals surface area contributed by atoms with Crippen molar-refractivity contribution in [3.63, 3.8) is 0 Å². The number of nitrogens with one attached hydrogen (secondary N) is 1. The van der Waals surface area contributed by atoms with Gasteiger partial charge in [-0.05, 0) is 18.4 Å². The Morgan fingerprint density at radius 2 is 2.36 bits per heavy atom. The maximum absolute atomic E-state index is 3.94. The summed E-state index contributed by atoms with van der Waals surface area (Å²) in [6, 6.07) is 0. The van der Waals surface area contributed by atoms with Crippen molar-refractivity contribution < 1.29 is 0 Å². The Balaban J connectivity index is 2.19. The van der Waals surface area contributed by atoms with Crippen molar-refractivity contribution >= 4 is 0 Å². The normalized spacial score (nSPS) is 16.7. The topological polar surface area (TPSA) is 29.9 Å². The Labute approximate surface area is 65.1 Å². The van der Waals surface area contributed by atoms with Crippen LogP contribution in [0.15, 0.2) is 43.1 Å². The summed E-state index contributed by atoms with van der Waals surface area (Å²) >= 11 is 0. The molecule has 2 heterocycles. The Morgan fingerprint density at radius 1 is 1.36 bits per heavy atom. The van der Waals surface area contributed by atoms with Gasteiger partial charge in [-0.1, -0.05) is 6.08 Å². The number of rotatable bonds is 1. The molecular weight excluding hydrogens is 138 g/mol. The van der Waals surface area contributed by atoms with E-state index in [9.17, 15) is 0 Å². The fraction of sp³-hybridized carbons (Fsp3) is 0. The van der Waals surface area contributed by atoms with Gasteiger partial charge in [-0.3, -0.25) is 0 Å². The molecule has 0 saturated heterocycles. The summed E-state index contributed by atoms with van der Waals surface area (Å²) in [5.74, 6) is 0. The summed E-state index contributed by atoms with van der Waals surface area (Å²) < 4.78 is 1.92. The lowest BCUT2D eigenvalue weighted by atomic mass is 10.3. The monoisotopic (exact) mass is 146 g/mol. The third-order valence-electron chi connectivity index (χ3n) is 1.48. The second kappa shape index (κ2) is 2.62. The Kier molecular flexibility index (Phi) is 1.48. The first-order valence-electron chi connectivity index (χ1n) is 3.42. The highest BCUT2D eigenvalue weighted by molar-refractivity contribution is 5.21. The molecule has 55 valence electrons. The second-order valence-corrected chi connectivity index (χ2v) is 2.22. The molecule has 1 aromatic heterocycles. The predicted octanol–water partition coefficient (Wildman–Crippen LogP) is 0.894. The van der Waals surface area contributed by atoms with Crippen molar-refractivity contribution in [2.45, 2.75) is 0 Å². The third-order valence-corrected chi connectivity index (χ3v) is 1.48. The maximum atomic E-state index is 3.94. The van der Waals surface area contributed by atoms with Gasteiger partial charge in [0.25, 0.3) is 0 Å². The van der Waals surface area contributed by atoms with Gasteiger partial charge in [0.1, 0.15) is 0 Å². The van der Waals surface area contributed by atoms with Crippen LogP contribution in [-0.4, -0.2) is 9.55 Å². The van der Waals surface area contributed by atoms with Gasteiger partial charge in [0.15, 0.2) is 6.17 Å². The van der Waals surface area contributed by atoms with Crippen LogP contribution in [0.1, 0.15) is 0 Å². The number of imidazole rings is 1. The molecule has 2 rings (SSSR count). The lowest BCUT2D eigenvalue weighted by Crippen LogP contribution is -2.21. The summed E-state index contributed by atoms with van der Waals surface area (Å²) in [4.78, 5) is 3.94. The zero-order chi connectivity index (χ0) is 7.52. The predicted molar refractivity (Wildman–Crippen MR) is 42.3 cm³/mol. The molecule has 1 aromatic rings. The van der Waals surface area contributed by atoms with Gasteiger partial charge in [-0.15, -0.1) is 0 Å². The van der Waals surface area contributed by atoms with Crippen LogP contribution in [0.3, 0.4) is 0 Å². The SMILES string of the molecule is C1=CN[C](n2ccnc2)C=C1. The Hall–Kier alpha value is -1.51. The summed E-state index contributed by atoms with van der Waals surface area (Å²) in [7, 11) is 0. The molecule has 0 aromatic carbocycles. The van der Waals surface area contributed by atoms with Gasteiger partial charge in [-0.25, -0.2) is 4.98 Å². The van der Waals surface area contributed by atoms with Crippen LogP contribution in [0.2, 0.25) is 0 Å². The maximum Gasteiger partial charge on any atom is 0.181 e. The Bertz CT molecular complexity index is 272. The molecule has 0 amide bonds. The molecule has 0 unspecified atom stereocenters. The molecule has 0 spiro atoms. The zero-order valence-corrected chi connectivity index (χ0v) is 5.94. The molecule has 0 atom stereocenters. The van der Waals surface area contributed by atoms with E-state index in [2.05, 4.69) is 10.3 Å². The highest BCUT2D eigenvalue weighted by atomic mass is 15.2. The minimum absolute atomic E-state index is 1.02. The van der Waals surface area contributed by atoms with Crippen LogP contribution in [-0.2, 0) is 0 Å². The van der Waals surface area contributed by atoms with E-state index < -0.39 is 0 Å². The van der Waals surface area contributed by atoms with Gasteiger partial charge >= 0.3 is 0 Å². The van der Waals surface area contributed by atoms with Crippen LogP contribution in [0.25, 0.3) is 0 Å². The number of nitrogens with zero attached hydrogens (tertiary/aromatic N) is 2. The van der Waals surface area contributed by atoms with E-state index in [0.29, 0.717) is 0 Å². The molecule has 1 N–H and O–H groups in total. The smallest absolute Gasteiger partial charge is 0.181 e. The lowest BCUT2D eigenvalue weighted by molar-refractivity contribution is 0.744. The van der Waals surface area contributed by atoms with Gasteiger partial charge < -0.3 is 9.88 Å². The first kappa shape index (κ1) is 6.22. The molecule has 0 fully saturated rings. The van der Waals surface area contributed by atoms with Crippen molar-refractivity contribution in [3.8, 4) is 0 Å². The molecule has 0 aliphatic carbocycles. The van der Waals surface area contributed by atoms with E-state index in [0.717, 1.165) is 6.17 Å². The van der Waals surface area contributed by atoms with Crippen LogP contribution >= 0.6 is 0 Å². The second-order valence-electron chi connectivity index (χ2n) is 2.22. The highest BCUT2D eigenvalue weighted by Crippen LogP contribution is 2.05. The minimum atomic E-state index is 1.02. The summed E-state index contributed by atoms with van der Waals surface area (Å²) in [5.41, 5.74) is 0. The molecular formula is C8H8N3. The molecule has 11 heavy (non-hydrogen) atoms. The lowest BCUT2D eigenvalue weighted by Gasteiger charge is -2.14. The average molecular weight is 146 g/mol. The van der Waals surface area contributed by atoms with Gasteiger partial charge in [0.2, 0.25) is 0 Å². The molecule has 1 aliphatic heterocycles. The number of allylic oxidation sites excluding steroid dienone is 2. The molecule has 3 heteroatoms. The first-order chi connectivity index (χ1) is 5.47. The molecule has 1 radical (unpaired) electrons. The quantitative estimate of drug-likeness (QED) is 0.637. The Morgan fingerprint density at radius 3 is 3.00 bits per heavy atom. The van der Waals surface area contributed by atoms with Gasteiger partial charge in [0, 0.05) is 12.4 Å². The van der Waals surface area contributed by atoms with E-state index in [4.69, 9.17) is 0 Å². The molecule has 0 bridgehead atoms. The van der Waals surface area contributed by atoms with E-state index in [1.54, 1.807) is 12.5 Å². The summed E-state index contributed by atoms with van der Waals surface area (Å²) in [6.07, 6.45) is 14.2. The number of hydrogen-bond donors (Lipinski definition) is 1. The van der Waals surface area contributed by atoms with Crippen LogP contribution in [0.5, 0.6) is 0 Å². The molecule has 3 nitrogen and oxygen atoms in total. The fourth-order valence-corrected chi connectivity index (χ4v) is 0.946. The van der Waals surface area contributed by atoms with E-state index in [1.807, 2.05) is 35.2 Å². The highest BCUT2D eigenvalue weighted by Gasteiger charge is 2.05. The van der Waals surface area contributed by atoms with Crippen molar-refractivity contribution in [2.24, 2.45) is 0 Å². The number of aromatic nitrogens is 2. The van der Waals surface area contributed by atoms with E-state index in [-0.39, 0.29) is 0 Å². The van der Waals surface area contributed by atoms with Crippen LogP contribution < -0.4 is 5.32 Å². The number of dihydropyridines is 1. The molecule has 1 aliphatic rings. The largest absolute Gasteiger partial charge is 0.361 e. The fourth-order valence-electron chi connectivity index (χ4n) is 0.946. The molecule has 0 saturated carbocycles. The number of hydrogen-bond acceptors (Lipinski definition) is 2. The first-order valence-corrected chi connectivity index (χ1v) is 3.42. The zero-order valence-electron chi connectivity index (χ0n) is 5.94. The summed E-state index contributed by atoms with van der Waals surface area (Å²) in [6.45, 7) is 0. The third kappa shape index (κ3) is 1.17. The van der Waals surface area contributed by atoms with Crippen molar-refractivity contribution in [2.75, 3.05) is 0 Å². The van der Waals surface area contributed by atoms with Crippen LogP contribution in [0, 0.1) is 6.17 Å². The standard InChI is InChI=1S/C8H8N3/c1-2-4-10-8(3-1)11-6-5-9-7-11/h1-7,10H. The summed E-state index contributed by atoms with van der Waals surface area (Å²) in [5, 5.41) is 3.09.